The van der Waals surface area contributed by atoms with Gasteiger partial charge in [-0.15, -0.1) is 0 Å². The molecule has 0 bridgehead atoms. The first-order valence-electron chi connectivity index (χ1n) is 10.9. The average Bonchev–Trinajstić information content (AvgIpc) is 3.16. The Morgan fingerprint density at radius 3 is 2.47 bits per heavy atom. The van der Waals surface area contributed by atoms with Gasteiger partial charge in [-0.25, -0.2) is 4.68 Å². The fourth-order valence-electron chi connectivity index (χ4n) is 4.61. The SMILES string of the molecule is Cc1c(C(=O)NC2CCN(C(=O)C3CCCCC3)CC2)cnn1-c1ccccc1Cl. The Labute approximate surface area is 182 Å². The topological polar surface area (TPSA) is 67.2 Å². The van der Waals surface area contributed by atoms with Crippen LogP contribution < -0.4 is 5.32 Å². The van der Waals surface area contributed by atoms with Crippen LogP contribution in [-0.4, -0.2) is 45.6 Å². The van der Waals surface area contributed by atoms with Crippen molar-refractivity contribution in [2.45, 2.75) is 57.9 Å². The van der Waals surface area contributed by atoms with Gasteiger partial charge in [0.25, 0.3) is 5.91 Å². The maximum atomic E-state index is 12.8. The molecule has 2 heterocycles. The van der Waals surface area contributed by atoms with E-state index in [2.05, 4.69) is 10.4 Å². The number of para-hydroxylation sites is 1. The van der Waals surface area contributed by atoms with Gasteiger partial charge in [0.15, 0.2) is 0 Å². The molecule has 7 heteroatoms. The number of likely N-dealkylation sites (tertiary alicyclic amines) is 1. The van der Waals surface area contributed by atoms with Crippen LogP contribution in [0.25, 0.3) is 5.69 Å². The smallest absolute Gasteiger partial charge is 0.254 e. The number of carbonyl (C=O) groups excluding carboxylic acids is 2. The van der Waals surface area contributed by atoms with Gasteiger partial charge in [-0.2, -0.15) is 5.10 Å². The molecular formula is C23H29ClN4O2. The number of amides is 2. The Morgan fingerprint density at radius 2 is 1.77 bits per heavy atom. The van der Waals surface area contributed by atoms with Gasteiger partial charge in [0.1, 0.15) is 0 Å². The lowest BCUT2D eigenvalue weighted by molar-refractivity contribution is -0.137. The summed E-state index contributed by atoms with van der Waals surface area (Å²) in [4.78, 5) is 27.6. The molecule has 1 aromatic heterocycles. The van der Waals surface area contributed by atoms with Gasteiger partial charge in [0.2, 0.25) is 5.91 Å². The molecule has 0 spiro atoms. The summed E-state index contributed by atoms with van der Waals surface area (Å²) in [5.74, 6) is 0.405. The zero-order valence-corrected chi connectivity index (χ0v) is 18.2. The number of nitrogens with zero attached hydrogens (tertiary/aromatic N) is 3. The Balaban J connectivity index is 1.34. The van der Waals surface area contributed by atoms with Crippen molar-refractivity contribution in [3.63, 3.8) is 0 Å². The first kappa shape index (κ1) is 20.9. The van der Waals surface area contributed by atoms with Crippen LogP contribution in [-0.2, 0) is 4.79 Å². The predicted octanol–water partition coefficient (Wildman–Crippen LogP) is 4.14. The van der Waals surface area contributed by atoms with E-state index in [4.69, 9.17) is 11.6 Å². The van der Waals surface area contributed by atoms with E-state index in [-0.39, 0.29) is 17.9 Å². The molecule has 1 aliphatic heterocycles. The van der Waals surface area contributed by atoms with E-state index < -0.39 is 0 Å². The lowest BCUT2D eigenvalue weighted by Crippen LogP contribution is -2.48. The molecule has 0 radical (unpaired) electrons. The van der Waals surface area contributed by atoms with Crippen molar-refractivity contribution < 1.29 is 9.59 Å². The quantitative estimate of drug-likeness (QED) is 0.795. The van der Waals surface area contributed by atoms with Crippen molar-refractivity contribution in [1.82, 2.24) is 20.0 Å². The van der Waals surface area contributed by atoms with Crippen molar-refractivity contribution >= 4 is 23.4 Å². The molecule has 0 atom stereocenters. The molecule has 2 fully saturated rings. The van der Waals surface area contributed by atoms with E-state index >= 15 is 0 Å². The Kier molecular flexibility index (Phi) is 6.42. The van der Waals surface area contributed by atoms with Crippen LogP contribution in [0, 0.1) is 12.8 Å². The third-order valence-corrected chi connectivity index (χ3v) is 6.75. The summed E-state index contributed by atoms with van der Waals surface area (Å²) in [6.07, 6.45) is 8.84. The molecular weight excluding hydrogens is 400 g/mol. The van der Waals surface area contributed by atoms with E-state index in [9.17, 15) is 9.59 Å². The second kappa shape index (κ2) is 9.21. The molecule has 2 aromatic rings. The molecule has 1 saturated carbocycles. The summed E-state index contributed by atoms with van der Waals surface area (Å²) in [5, 5.41) is 8.09. The summed E-state index contributed by atoms with van der Waals surface area (Å²) in [5.41, 5.74) is 2.06. The number of halogens is 1. The highest BCUT2D eigenvalue weighted by Crippen LogP contribution is 2.27. The monoisotopic (exact) mass is 428 g/mol. The number of aromatic nitrogens is 2. The standard InChI is InChI=1S/C23H29ClN4O2/c1-16-19(15-25-28(16)21-10-6-5-9-20(21)24)22(29)26-18-11-13-27(14-12-18)23(30)17-7-3-2-4-8-17/h5-6,9-10,15,17-18H,2-4,7-8,11-14H2,1H3,(H,26,29). The Hall–Kier alpha value is -2.34. The number of piperidine rings is 1. The molecule has 1 aliphatic carbocycles. The summed E-state index contributed by atoms with van der Waals surface area (Å²) in [7, 11) is 0. The third kappa shape index (κ3) is 4.38. The zero-order chi connectivity index (χ0) is 21.1. The van der Waals surface area contributed by atoms with Crippen LogP contribution in [0.2, 0.25) is 5.02 Å². The predicted molar refractivity (Wildman–Crippen MR) is 117 cm³/mol. The van der Waals surface area contributed by atoms with E-state index in [1.807, 2.05) is 30.0 Å². The molecule has 2 amide bonds. The first-order valence-corrected chi connectivity index (χ1v) is 11.3. The van der Waals surface area contributed by atoms with Crippen LogP contribution >= 0.6 is 11.6 Å². The largest absolute Gasteiger partial charge is 0.349 e. The summed E-state index contributed by atoms with van der Waals surface area (Å²) < 4.78 is 1.70. The first-order chi connectivity index (χ1) is 14.5. The zero-order valence-electron chi connectivity index (χ0n) is 17.4. The minimum Gasteiger partial charge on any atom is -0.349 e. The second-order valence-corrected chi connectivity index (χ2v) is 8.82. The fourth-order valence-corrected chi connectivity index (χ4v) is 4.83. The average molecular weight is 429 g/mol. The number of nitrogens with one attached hydrogen (secondary N) is 1. The van der Waals surface area contributed by atoms with Crippen LogP contribution in [0.3, 0.4) is 0 Å². The maximum absolute atomic E-state index is 12.8. The van der Waals surface area contributed by atoms with Crippen molar-refractivity contribution in [2.24, 2.45) is 5.92 Å². The van der Waals surface area contributed by atoms with Gasteiger partial charge in [-0.1, -0.05) is 43.0 Å². The van der Waals surface area contributed by atoms with E-state index in [0.717, 1.165) is 50.2 Å². The molecule has 1 aromatic carbocycles. The number of hydrogen-bond acceptors (Lipinski definition) is 3. The number of carbonyl (C=O) groups is 2. The molecule has 1 saturated heterocycles. The highest BCUT2D eigenvalue weighted by molar-refractivity contribution is 6.32. The van der Waals surface area contributed by atoms with Gasteiger partial charge >= 0.3 is 0 Å². The summed E-state index contributed by atoms with van der Waals surface area (Å²) in [6.45, 7) is 3.31. The minimum atomic E-state index is -0.122. The van der Waals surface area contributed by atoms with Crippen molar-refractivity contribution in [2.75, 3.05) is 13.1 Å². The van der Waals surface area contributed by atoms with Crippen LogP contribution in [0.1, 0.15) is 61.0 Å². The molecule has 4 rings (SSSR count). The maximum Gasteiger partial charge on any atom is 0.254 e. The Morgan fingerprint density at radius 1 is 1.07 bits per heavy atom. The van der Waals surface area contributed by atoms with Gasteiger partial charge < -0.3 is 10.2 Å². The van der Waals surface area contributed by atoms with Gasteiger partial charge in [0.05, 0.1) is 28.2 Å². The van der Waals surface area contributed by atoms with Gasteiger partial charge in [-0.3, -0.25) is 9.59 Å². The number of benzene rings is 1. The number of hydrogen-bond donors (Lipinski definition) is 1. The van der Waals surface area contributed by atoms with Crippen molar-refractivity contribution in [3.8, 4) is 5.69 Å². The van der Waals surface area contributed by atoms with Crippen molar-refractivity contribution in [3.05, 3.63) is 46.7 Å². The van der Waals surface area contributed by atoms with Gasteiger partial charge in [0, 0.05) is 25.0 Å². The normalized spacial score (nSPS) is 18.4. The second-order valence-electron chi connectivity index (χ2n) is 8.41. The fraction of sp³-hybridized carbons (Fsp3) is 0.522. The third-order valence-electron chi connectivity index (χ3n) is 6.43. The van der Waals surface area contributed by atoms with Crippen LogP contribution in [0.5, 0.6) is 0 Å². The molecule has 6 nitrogen and oxygen atoms in total. The van der Waals surface area contributed by atoms with Crippen molar-refractivity contribution in [1.29, 1.82) is 0 Å². The molecule has 1 N–H and O–H groups in total. The molecule has 0 unspecified atom stereocenters. The van der Waals surface area contributed by atoms with Gasteiger partial charge in [-0.05, 0) is 44.7 Å². The Bertz CT molecular complexity index is 912. The lowest BCUT2D eigenvalue weighted by Gasteiger charge is -2.35. The van der Waals surface area contributed by atoms with Crippen LogP contribution in [0.4, 0.5) is 0 Å². The highest BCUT2D eigenvalue weighted by Gasteiger charge is 2.30. The molecule has 160 valence electrons. The van der Waals surface area contributed by atoms with E-state index in [1.165, 1.54) is 19.3 Å². The lowest BCUT2D eigenvalue weighted by atomic mass is 9.87. The van der Waals surface area contributed by atoms with E-state index in [1.54, 1.807) is 16.9 Å². The van der Waals surface area contributed by atoms with E-state index in [0.29, 0.717) is 16.5 Å². The van der Waals surface area contributed by atoms with Crippen LogP contribution in [0.15, 0.2) is 30.5 Å². The molecule has 2 aliphatic rings. The summed E-state index contributed by atoms with van der Waals surface area (Å²) >= 11 is 6.28. The molecule has 30 heavy (non-hydrogen) atoms. The summed E-state index contributed by atoms with van der Waals surface area (Å²) in [6, 6.07) is 7.52. The minimum absolute atomic E-state index is 0.0796. The number of rotatable bonds is 4. The highest BCUT2D eigenvalue weighted by atomic mass is 35.5.